The van der Waals surface area contributed by atoms with Gasteiger partial charge >= 0.3 is 5.97 Å². The van der Waals surface area contributed by atoms with E-state index in [1.807, 2.05) is 54.8 Å². The molecular weight excluding hydrogens is 380 g/mol. The fourth-order valence-electron chi connectivity index (χ4n) is 4.75. The Bertz CT molecular complexity index is 924. The zero-order valence-corrected chi connectivity index (χ0v) is 17.8. The predicted octanol–water partition coefficient (Wildman–Crippen LogP) is 1.50. The number of esters is 1. The zero-order chi connectivity index (χ0) is 21.1. The van der Waals surface area contributed by atoms with Gasteiger partial charge in [0.05, 0.1) is 19.0 Å². The summed E-state index contributed by atoms with van der Waals surface area (Å²) in [6.45, 7) is 7.48. The molecule has 0 saturated carbocycles. The van der Waals surface area contributed by atoms with Crippen LogP contribution in [0.3, 0.4) is 0 Å². The molecule has 6 heteroatoms. The van der Waals surface area contributed by atoms with Crippen molar-refractivity contribution in [1.82, 2.24) is 4.57 Å². The number of hydrogen-bond acceptors (Lipinski definition) is 4. The van der Waals surface area contributed by atoms with Crippen LogP contribution in [0, 0.1) is 11.8 Å². The molecule has 0 radical (unpaired) electrons. The van der Waals surface area contributed by atoms with Gasteiger partial charge in [-0.3, -0.25) is 9.59 Å². The molecule has 2 aliphatic heterocycles. The highest BCUT2D eigenvalue weighted by molar-refractivity contribution is 5.71. The van der Waals surface area contributed by atoms with Crippen molar-refractivity contribution in [2.75, 3.05) is 26.2 Å². The first kappa shape index (κ1) is 20.7. The fraction of sp³-hybridized carbons (Fsp3) is 0.500. The molecule has 0 amide bonds. The number of benzene rings is 1. The van der Waals surface area contributed by atoms with E-state index in [2.05, 4.69) is 6.07 Å². The lowest BCUT2D eigenvalue weighted by Gasteiger charge is -2.41. The van der Waals surface area contributed by atoms with Crippen molar-refractivity contribution >= 4 is 5.97 Å². The molecule has 1 fully saturated rings. The molecule has 3 heterocycles. The van der Waals surface area contributed by atoms with Crippen molar-refractivity contribution in [1.29, 1.82) is 0 Å². The first-order valence-electron chi connectivity index (χ1n) is 10.9. The monoisotopic (exact) mass is 411 g/mol. The summed E-state index contributed by atoms with van der Waals surface area (Å²) in [4.78, 5) is 25.9. The van der Waals surface area contributed by atoms with Crippen LogP contribution in [0.1, 0.15) is 31.9 Å². The molecule has 0 aliphatic carbocycles. The number of likely N-dealkylation sites (tertiary alicyclic amines) is 1. The zero-order valence-electron chi connectivity index (χ0n) is 17.8. The van der Waals surface area contributed by atoms with Gasteiger partial charge in [0.15, 0.2) is 6.10 Å². The summed E-state index contributed by atoms with van der Waals surface area (Å²) >= 11 is 0. The van der Waals surface area contributed by atoms with E-state index in [0.717, 1.165) is 44.0 Å². The van der Waals surface area contributed by atoms with Crippen LogP contribution in [0.25, 0.3) is 0 Å². The second-order valence-corrected chi connectivity index (χ2v) is 8.90. The number of pyridine rings is 1. The van der Waals surface area contributed by atoms with Gasteiger partial charge in [-0.15, -0.1) is 0 Å². The normalized spacial score (nSPS) is 23.5. The molecule has 1 aromatic heterocycles. The first-order valence-corrected chi connectivity index (χ1v) is 10.9. The minimum atomic E-state index is -0.299. The lowest BCUT2D eigenvalue weighted by Crippen LogP contribution is -3.15. The summed E-state index contributed by atoms with van der Waals surface area (Å²) in [6.07, 6.45) is 0.830. The van der Waals surface area contributed by atoms with E-state index in [1.54, 1.807) is 6.07 Å². The number of carbonyl (C=O) groups is 1. The molecule has 4 rings (SSSR count). The van der Waals surface area contributed by atoms with Crippen molar-refractivity contribution in [2.24, 2.45) is 11.8 Å². The van der Waals surface area contributed by atoms with Gasteiger partial charge < -0.3 is 18.9 Å². The number of nitrogens with one attached hydrogen (secondary N) is 1. The minimum absolute atomic E-state index is 0.102. The SMILES string of the molecule is CC(C)C(=O)O[C@H](COc1ccccc1)C[NH+]1C[C@@H]2C[C@H](C1)c1cccc(=O)n1C2. The largest absolute Gasteiger partial charge is 0.489 e. The van der Waals surface area contributed by atoms with Gasteiger partial charge in [-0.05, 0) is 24.6 Å². The Morgan fingerprint density at radius 3 is 2.70 bits per heavy atom. The molecule has 0 spiro atoms. The van der Waals surface area contributed by atoms with Gasteiger partial charge in [0.25, 0.3) is 5.56 Å². The van der Waals surface area contributed by atoms with E-state index in [-0.39, 0.29) is 23.6 Å². The Morgan fingerprint density at radius 1 is 1.13 bits per heavy atom. The van der Waals surface area contributed by atoms with E-state index < -0.39 is 0 Å². The van der Waals surface area contributed by atoms with Crippen LogP contribution in [-0.2, 0) is 16.1 Å². The van der Waals surface area contributed by atoms with Crippen LogP contribution in [0.5, 0.6) is 5.75 Å². The summed E-state index contributed by atoms with van der Waals surface area (Å²) < 4.78 is 13.7. The van der Waals surface area contributed by atoms with Gasteiger partial charge in [-0.1, -0.05) is 38.1 Å². The smallest absolute Gasteiger partial charge is 0.308 e. The van der Waals surface area contributed by atoms with Gasteiger partial charge in [-0.2, -0.15) is 0 Å². The third-order valence-electron chi connectivity index (χ3n) is 6.12. The Labute approximate surface area is 177 Å². The molecule has 1 unspecified atom stereocenters. The highest BCUT2D eigenvalue weighted by Gasteiger charge is 2.38. The molecule has 30 heavy (non-hydrogen) atoms. The van der Waals surface area contributed by atoms with Crippen LogP contribution < -0.4 is 15.2 Å². The van der Waals surface area contributed by atoms with Crippen LogP contribution in [0.4, 0.5) is 0 Å². The number of para-hydroxylation sites is 1. The Morgan fingerprint density at radius 2 is 1.93 bits per heavy atom. The van der Waals surface area contributed by atoms with Gasteiger partial charge in [-0.25, -0.2) is 0 Å². The Hall–Kier alpha value is -2.60. The highest BCUT2D eigenvalue weighted by Crippen LogP contribution is 2.30. The lowest BCUT2D eigenvalue weighted by molar-refractivity contribution is -0.913. The molecule has 1 aromatic carbocycles. The summed E-state index contributed by atoms with van der Waals surface area (Å²) in [5.41, 5.74) is 1.25. The molecule has 6 nitrogen and oxygen atoms in total. The standard InChI is InChI=1S/C24H30N2O4/c1-17(2)24(28)30-21(16-29-20-7-4-3-5-8-20)15-25-12-18-11-19(14-25)22-9-6-10-23(27)26(22)13-18/h3-10,17-19,21H,11-16H2,1-2H3/p+1/t18-,19+,21-/m0/s1. The molecule has 1 saturated heterocycles. The molecule has 160 valence electrons. The van der Waals surface area contributed by atoms with Crippen molar-refractivity contribution in [3.05, 3.63) is 64.6 Å². The summed E-state index contributed by atoms with van der Waals surface area (Å²) in [6, 6.07) is 15.2. The maximum Gasteiger partial charge on any atom is 0.308 e. The minimum Gasteiger partial charge on any atom is -0.489 e. The van der Waals surface area contributed by atoms with Crippen molar-refractivity contribution in [3.63, 3.8) is 0 Å². The number of rotatable bonds is 7. The molecule has 2 bridgehead atoms. The van der Waals surface area contributed by atoms with Gasteiger partial charge in [0.1, 0.15) is 18.9 Å². The summed E-state index contributed by atoms with van der Waals surface area (Å²) in [5, 5.41) is 0. The summed E-state index contributed by atoms with van der Waals surface area (Å²) in [7, 11) is 0. The number of ether oxygens (including phenoxy) is 2. The van der Waals surface area contributed by atoms with E-state index in [0.29, 0.717) is 18.4 Å². The summed E-state index contributed by atoms with van der Waals surface area (Å²) in [5.74, 6) is 1.27. The molecule has 2 aliphatic rings. The van der Waals surface area contributed by atoms with Gasteiger partial charge in [0.2, 0.25) is 0 Å². The second-order valence-electron chi connectivity index (χ2n) is 8.90. The van der Waals surface area contributed by atoms with E-state index >= 15 is 0 Å². The van der Waals surface area contributed by atoms with E-state index in [4.69, 9.17) is 9.47 Å². The molecular formula is C24H31N2O4+. The number of hydrogen-bond donors (Lipinski definition) is 1. The average Bonchev–Trinajstić information content (AvgIpc) is 2.73. The van der Waals surface area contributed by atoms with E-state index in [9.17, 15) is 9.59 Å². The molecule has 2 aromatic rings. The number of fused-ring (bicyclic) bond motifs is 4. The van der Waals surface area contributed by atoms with Crippen LogP contribution >= 0.6 is 0 Å². The van der Waals surface area contributed by atoms with Crippen LogP contribution in [-0.4, -0.2) is 42.9 Å². The number of piperidine rings is 1. The number of carbonyl (C=O) groups excluding carboxylic acids is 1. The van der Waals surface area contributed by atoms with Crippen molar-refractivity contribution in [3.8, 4) is 5.75 Å². The van der Waals surface area contributed by atoms with Crippen LogP contribution in [0.2, 0.25) is 0 Å². The topological polar surface area (TPSA) is 62.0 Å². The Balaban J connectivity index is 1.44. The van der Waals surface area contributed by atoms with Crippen molar-refractivity contribution < 1.29 is 19.2 Å². The third kappa shape index (κ3) is 4.75. The van der Waals surface area contributed by atoms with Crippen molar-refractivity contribution in [2.45, 2.75) is 38.8 Å². The number of nitrogens with zero attached hydrogens (tertiary/aromatic N) is 1. The number of quaternary nitrogens is 1. The first-order chi connectivity index (χ1) is 14.5. The highest BCUT2D eigenvalue weighted by atomic mass is 16.6. The Kier molecular flexibility index (Phi) is 6.23. The van der Waals surface area contributed by atoms with Crippen LogP contribution in [0.15, 0.2) is 53.3 Å². The fourth-order valence-corrected chi connectivity index (χ4v) is 4.75. The number of aromatic nitrogens is 1. The lowest BCUT2D eigenvalue weighted by atomic mass is 9.83. The van der Waals surface area contributed by atoms with Gasteiger partial charge in [0, 0.05) is 30.1 Å². The average molecular weight is 412 g/mol. The molecule has 4 atom stereocenters. The second kappa shape index (κ2) is 9.04. The maximum atomic E-state index is 12.3. The van der Waals surface area contributed by atoms with E-state index in [1.165, 1.54) is 4.90 Å². The molecule has 1 N–H and O–H groups in total. The quantitative estimate of drug-likeness (QED) is 0.702. The predicted molar refractivity (Wildman–Crippen MR) is 114 cm³/mol. The maximum absolute atomic E-state index is 12.3. The third-order valence-corrected chi connectivity index (χ3v) is 6.12.